The minimum atomic E-state index is 0.705. The number of aryl methyl sites for hydroxylation is 1. The van der Waals surface area contributed by atoms with E-state index in [4.69, 9.17) is 11.6 Å². The Labute approximate surface area is 78.0 Å². The van der Waals surface area contributed by atoms with Crippen LogP contribution in [0.4, 0.5) is 5.69 Å². The number of alkyl halides is 1. The summed E-state index contributed by atoms with van der Waals surface area (Å²) in [5.74, 6) is 0.705. The van der Waals surface area contributed by atoms with Gasteiger partial charge in [0.1, 0.15) is 0 Å². The fourth-order valence-corrected chi connectivity index (χ4v) is 1.09. The quantitative estimate of drug-likeness (QED) is 0.575. The monoisotopic (exact) mass is 184 g/mol. The second-order valence-electron chi connectivity index (χ2n) is 2.66. The van der Waals surface area contributed by atoms with Crippen molar-refractivity contribution in [1.82, 2.24) is 4.98 Å². The van der Waals surface area contributed by atoms with Gasteiger partial charge in [0, 0.05) is 30.0 Å². The molecule has 2 nitrogen and oxygen atoms in total. The fourth-order valence-electron chi connectivity index (χ4n) is 0.955. The number of hydrogen-bond donors (Lipinski definition) is 1. The number of aromatic nitrogens is 1. The van der Waals surface area contributed by atoms with Gasteiger partial charge in [-0.15, -0.1) is 11.6 Å². The maximum Gasteiger partial charge on any atom is 0.0393 e. The van der Waals surface area contributed by atoms with Crippen molar-refractivity contribution < 1.29 is 0 Å². The molecule has 0 atom stereocenters. The summed E-state index contributed by atoms with van der Waals surface area (Å²) in [7, 11) is 0. The van der Waals surface area contributed by atoms with Crippen molar-refractivity contribution in [3.63, 3.8) is 0 Å². The van der Waals surface area contributed by atoms with Gasteiger partial charge in [-0.25, -0.2) is 0 Å². The molecule has 1 heterocycles. The Bertz CT molecular complexity index is 238. The SMILES string of the molecule is Cc1cc(NCCCCl)ccn1. The summed E-state index contributed by atoms with van der Waals surface area (Å²) >= 11 is 5.55. The summed E-state index contributed by atoms with van der Waals surface area (Å²) in [6, 6.07) is 3.98. The van der Waals surface area contributed by atoms with Crippen LogP contribution in [0.25, 0.3) is 0 Å². The van der Waals surface area contributed by atoms with Gasteiger partial charge in [0.05, 0.1) is 0 Å². The van der Waals surface area contributed by atoms with Gasteiger partial charge in [0.15, 0.2) is 0 Å². The van der Waals surface area contributed by atoms with Crippen molar-refractivity contribution in [2.75, 3.05) is 17.7 Å². The molecule has 12 heavy (non-hydrogen) atoms. The molecule has 1 rings (SSSR count). The Balaban J connectivity index is 2.41. The van der Waals surface area contributed by atoms with Gasteiger partial charge in [0.25, 0.3) is 0 Å². The van der Waals surface area contributed by atoms with Crippen LogP contribution in [-0.2, 0) is 0 Å². The Morgan fingerprint density at radius 2 is 2.42 bits per heavy atom. The predicted molar refractivity (Wildman–Crippen MR) is 52.8 cm³/mol. The lowest BCUT2D eigenvalue weighted by Crippen LogP contribution is -2.02. The van der Waals surface area contributed by atoms with E-state index in [1.807, 2.05) is 19.1 Å². The molecule has 0 aromatic carbocycles. The lowest BCUT2D eigenvalue weighted by Gasteiger charge is -2.04. The third-order valence-electron chi connectivity index (χ3n) is 1.54. The smallest absolute Gasteiger partial charge is 0.0393 e. The normalized spacial score (nSPS) is 9.83. The molecule has 66 valence electrons. The highest BCUT2D eigenvalue weighted by molar-refractivity contribution is 6.17. The molecule has 0 unspecified atom stereocenters. The zero-order valence-electron chi connectivity index (χ0n) is 7.18. The van der Waals surface area contributed by atoms with Gasteiger partial charge in [-0.05, 0) is 25.5 Å². The Kier molecular flexibility index (Phi) is 3.88. The first kappa shape index (κ1) is 9.33. The number of rotatable bonds is 4. The Morgan fingerprint density at radius 3 is 3.08 bits per heavy atom. The molecule has 0 radical (unpaired) electrons. The highest BCUT2D eigenvalue weighted by Gasteiger charge is 1.91. The number of anilines is 1. The van der Waals surface area contributed by atoms with Crippen LogP contribution in [0.15, 0.2) is 18.3 Å². The third-order valence-corrected chi connectivity index (χ3v) is 1.80. The molecule has 3 heteroatoms. The molecule has 0 bridgehead atoms. The zero-order valence-corrected chi connectivity index (χ0v) is 7.93. The molecule has 0 saturated carbocycles. The molecule has 0 aliphatic heterocycles. The first-order chi connectivity index (χ1) is 5.83. The zero-order chi connectivity index (χ0) is 8.81. The molecule has 1 aromatic rings. The van der Waals surface area contributed by atoms with Crippen LogP contribution in [0.2, 0.25) is 0 Å². The first-order valence-electron chi connectivity index (χ1n) is 4.05. The summed E-state index contributed by atoms with van der Waals surface area (Å²) in [4.78, 5) is 4.10. The maximum absolute atomic E-state index is 5.55. The minimum absolute atomic E-state index is 0.705. The maximum atomic E-state index is 5.55. The highest BCUT2D eigenvalue weighted by Crippen LogP contribution is 2.06. The van der Waals surface area contributed by atoms with E-state index in [1.165, 1.54) is 0 Å². The average Bonchev–Trinajstić information content (AvgIpc) is 2.05. The second-order valence-corrected chi connectivity index (χ2v) is 3.03. The minimum Gasteiger partial charge on any atom is -0.385 e. The number of hydrogen-bond acceptors (Lipinski definition) is 2. The molecule has 1 N–H and O–H groups in total. The largest absolute Gasteiger partial charge is 0.385 e. The van der Waals surface area contributed by atoms with E-state index < -0.39 is 0 Å². The van der Waals surface area contributed by atoms with Crippen molar-refractivity contribution in [3.05, 3.63) is 24.0 Å². The van der Waals surface area contributed by atoms with Crippen LogP contribution < -0.4 is 5.32 Å². The van der Waals surface area contributed by atoms with Crippen molar-refractivity contribution in [2.24, 2.45) is 0 Å². The van der Waals surface area contributed by atoms with Crippen LogP contribution in [0, 0.1) is 6.92 Å². The molecule has 0 aliphatic carbocycles. The molecular weight excluding hydrogens is 172 g/mol. The van der Waals surface area contributed by atoms with Crippen LogP contribution in [0.1, 0.15) is 12.1 Å². The van der Waals surface area contributed by atoms with E-state index in [2.05, 4.69) is 10.3 Å². The van der Waals surface area contributed by atoms with E-state index in [1.54, 1.807) is 6.20 Å². The number of nitrogens with one attached hydrogen (secondary N) is 1. The average molecular weight is 185 g/mol. The number of nitrogens with zero attached hydrogens (tertiary/aromatic N) is 1. The van der Waals surface area contributed by atoms with E-state index in [9.17, 15) is 0 Å². The summed E-state index contributed by atoms with van der Waals surface area (Å²) in [6.45, 7) is 2.90. The summed E-state index contributed by atoms with van der Waals surface area (Å²) in [5.41, 5.74) is 2.15. The predicted octanol–water partition coefficient (Wildman–Crippen LogP) is 2.43. The third kappa shape index (κ3) is 3.09. The number of halogens is 1. The van der Waals surface area contributed by atoms with Crippen LogP contribution >= 0.6 is 11.6 Å². The molecule has 0 fully saturated rings. The van der Waals surface area contributed by atoms with Gasteiger partial charge in [0.2, 0.25) is 0 Å². The molecule has 0 saturated heterocycles. The van der Waals surface area contributed by atoms with E-state index >= 15 is 0 Å². The molecule has 0 amide bonds. The van der Waals surface area contributed by atoms with Crippen LogP contribution in [0.5, 0.6) is 0 Å². The molecule has 0 aliphatic rings. The fraction of sp³-hybridized carbons (Fsp3) is 0.444. The summed E-state index contributed by atoms with van der Waals surface area (Å²) < 4.78 is 0. The lowest BCUT2D eigenvalue weighted by molar-refractivity contribution is 0.984. The molecular formula is C9H13ClN2. The van der Waals surface area contributed by atoms with Crippen LogP contribution in [0.3, 0.4) is 0 Å². The van der Waals surface area contributed by atoms with Crippen molar-refractivity contribution >= 4 is 17.3 Å². The highest BCUT2D eigenvalue weighted by atomic mass is 35.5. The Morgan fingerprint density at radius 1 is 1.58 bits per heavy atom. The van der Waals surface area contributed by atoms with E-state index in [-0.39, 0.29) is 0 Å². The van der Waals surface area contributed by atoms with E-state index in [0.29, 0.717) is 5.88 Å². The van der Waals surface area contributed by atoms with Crippen molar-refractivity contribution in [1.29, 1.82) is 0 Å². The standard InChI is InChI=1S/C9H13ClN2/c1-8-7-9(3-6-11-8)12-5-2-4-10/h3,6-7H,2,4-5H2,1H3,(H,11,12). The molecule has 0 spiro atoms. The van der Waals surface area contributed by atoms with Gasteiger partial charge in [-0.2, -0.15) is 0 Å². The van der Waals surface area contributed by atoms with Crippen molar-refractivity contribution in [3.8, 4) is 0 Å². The van der Waals surface area contributed by atoms with Gasteiger partial charge < -0.3 is 5.32 Å². The Hall–Kier alpha value is -0.760. The van der Waals surface area contributed by atoms with Crippen LogP contribution in [-0.4, -0.2) is 17.4 Å². The summed E-state index contributed by atoms with van der Waals surface area (Å²) in [6.07, 6.45) is 2.79. The lowest BCUT2D eigenvalue weighted by atomic mass is 10.3. The summed E-state index contributed by atoms with van der Waals surface area (Å²) in [5, 5.41) is 3.26. The van der Waals surface area contributed by atoms with Gasteiger partial charge in [-0.3, -0.25) is 4.98 Å². The second kappa shape index (κ2) is 4.99. The first-order valence-corrected chi connectivity index (χ1v) is 4.59. The van der Waals surface area contributed by atoms with Gasteiger partial charge >= 0.3 is 0 Å². The van der Waals surface area contributed by atoms with E-state index in [0.717, 1.165) is 24.3 Å². The molecule has 1 aromatic heterocycles. The number of pyridine rings is 1. The van der Waals surface area contributed by atoms with Gasteiger partial charge in [-0.1, -0.05) is 0 Å². The van der Waals surface area contributed by atoms with Crippen molar-refractivity contribution in [2.45, 2.75) is 13.3 Å². The topological polar surface area (TPSA) is 24.9 Å².